The normalized spacial score (nSPS) is 27.0. The lowest BCUT2D eigenvalue weighted by molar-refractivity contribution is 0.186. The summed E-state index contributed by atoms with van der Waals surface area (Å²) in [5.74, 6) is 2.88. The van der Waals surface area contributed by atoms with Crippen molar-refractivity contribution in [3.05, 3.63) is 0 Å². The number of hydrogen-bond donors (Lipinski definition) is 1. The first kappa shape index (κ1) is 17.4. The molecule has 2 fully saturated rings. The Kier molecular flexibility index (Phi) is 7.24. The average molecular weight is 399 g/mol. The van der Waals surface area contributed by atoms with Crippen LogP contribution in [0.2, 0.25) is 0 Å². The summed E-state index contributed by atoms with van der Waals surface area (Å²) in [5, 5.41) is 3.51. The zero-order valence-electron chi connectivity index (χ0n) is 12.1. The number of nitrogens with zero attached hydrogens (tertiary/aromatic N) is 2. The summed E-state index contributed by atoms with van der Waals surface area (Å²) >= 11 is 2.05. The molecular weight excluding hydrogens is 373 g/mol. The van der Waals surface area contributed by atoms with E-state index in [1.54, 1.807) is 0 Å². The molecule has 112 valence electrons. The molecule has 4 nitrogen and oxygen atoms in total. The molecule has 0 aromatic heterocycles. The zero-order valence-corrected chi connectivity index (χ0v) is 15.3. The maximum atomic E-state index is 5.40. The summed E-state index contributed by atoms with van der Waals surface area (Å²) in [7, 11) is 1.88. The number of rotatable bonds is 2. The van der Waals surface area contributed by atoms with Crippen molar-refractivity contribution in [3.8, 4) is 0 Å². The minimum Gasteiger partial charge on any atom is -0.381 e. The third-order valence-corrected chi connectivity index (χ3v) is 4.81. The summed E-state index contributed by atoms with van der Waals surface area (Å²) in [5.41, 5.74) is 0. The van der Waals surface area contributed by atoms with Crippen LogP contribution < -0.4 is 5.32 Å². The lowest BCUT2D eigenvalue weighted by Gasteiger charge is -2.39. The maximum Gasteiger partial charge on any atom is 0.193 e. The number of nitrogens with one attached hydrogen (secondary N) is 1. The average Bonchev–Trinajstić information content (AvgIpc) is 2.81. The highest BCUT2D eigenvalue weighted by Crippen LogP contribution is 2.29. The standard InChI is InChI=1S/C13H25N3OS.HI/c1-13(2)10-16(5-7-18-13)12(14-3)15-8-11-4-6-17-9-11;/h11H,4-10H2,1-3H3,(H,14,15);1H. The van der Waals surface area contributed by atoms with Crippen molar-refractivity contribution in [2.45, 2.75) is 25.0 Å². The molecule has 0 amide bonds. The van der Waals surface area contributed by atoms with E-state index in [0.29, 0.717) is 10.7 Å². The van der Waals surface area contributed by atoms with Crippen molar-refractivity contribution in [1.82, 2.24) is 10.2 Å². The Labute approximate surface area is 138 Å². The van der Waals surface area contributed by atoms with Crippen LogP contribution in [-0.2, 0) is 4.74 Å². The van der Waals surface area contributed by atoms with Crippen LogP contribution in [0.4, 0.5) is 0 Å². The highest BCUT2D eigenvalue weighted by molar-refractivity contribution is 14.0. The van der Waals surface area contributed by atoms with Gasteiger partial charge in [0.25, 0.3) is 0 Å². The monoisotopic (exact) mass is 399 g/mol. The van der Waals surface area contributed by atoms with E-state index in [-0.39, 0.29) is 24.0 Å². The van der Waals surface area contributed by atoms with Crippen LogP contribution in [0.3, 0.4) is 0 Å². The van der Waals surface area contributed by atoms with Gasteiger partial charge in [-0.2, -0.15) is 11.8 Å². The SMILES string of the molecule is CN=C(NCC1CCOC1)N1CCSC(C)(C)C1.I. The first-order chi connectivity index (χ1) is 8.61. The number of guanidine groups is 1. The second-order valence-corrected chi connectivity index (χ2v) is 7.49. The van der Waals surface area contributed by atoms with Crippen LogP contribution in [0.15, 0.2) is 4.99 Å². The minimum atomic E-state index is 0. The van der Waals surface area contributed by atoms with E-state index in [1.807, 2.05) is 7.05 Å². The topological polar surface area (TPSA) is 36.9 Å². The Hall–Kier alpha value is 0.310. The molecule has 2 saturated heterocycles. The van der Waals surface area contributed by atoms with E-state index < -0.39 is 0 Å². The van der Waals surface area contributed by atoms with E-state index >= 15 is 0 Å². The summed E-state index contributed by atoms with van der Waals surface area (Å²) in [6.45, 7) is 9.57. The molecule has 2 rings (SSSR count). The molecule has 0 aromatic rings. The minimum absolute atomic E-state index is 0. The van der Waals surface area contributed by atoms with Crippen molar-refractivity contribution >= 4 is 41.7 Å². The number of halogens is 1. The van der Waals surface area contributed by atoms with Crippen LogP contribution >= 0.6 is 35.7 Å². The van der Waals surface area contributed by atoms with E-state index in [0.717, 1.165) is 38.8 Å². The zero-order chi connectivity index (χ0) is 13.0. The van der Waals surface area contributed by atoms with Gasteiger partial charge in [-0.3, -0.25) is 4.99 Å². The van der Waals surface area contributed by atoms with Gasteiger partial charge in [-0.25, -0.2) is 0 Å². The van der Waals surface area contributed by atoms with Crippen molar-refractivity contribution < 1.29 is 4.74 Å². The third kappa shape index (κ3) is 5.30. The lowest BCUT2D eigenvalue weighted by Crippen LogP contribution is -2.51. The molecule has 6 heteroatoms. The molecular formula is C13H26IN3OS. The van der Waals surface area contributed by atoms with Crippen molar-refractivity contribution in [1.29, 1.82) is 0 Å². The predicted octanol–water partition coefficient (Wildman–Crippen LogP) is 2.04. The fraction of sp³-hybridized carbons (Fsp3) is 0.923. The molecule has 0 aliphatic carbocycles. The van der Waals surface area contributed by atoms with Gasteiger partial charge in [-0.1, -0.05) is 0 Å². The molecule has 1 atom stereocenters. The van der Waals surface area contributed by atoms with Gasteiger partial charge < -0.3 is 15.0 Å². The summed E-state index contributed by atoms with van der Waals surface area (Å²) < 4.78 is 5.73. The van der Waals surface area contributed by atoms with Gasteiger partial charge in [0, 0.05) is 49.7 Å². The van der Waals surface area contributed by atoms with Gasteiger partial charge in [0.05, 0.1) is 6.61 Å². The Morgan fingerprint density at radius 3 is 2.89 bits per heavy atom. The van der Waals surface area contributed by atoms with Crippen molar-refractivity contribution in [2.75, 3.05) is 45.6 Å². The second kappa shape index (κ2) is 7.93. The highest BCUT2D eigenvalue weighted by atomic mass is 127. The lowest BCUT2D eigenvalue weighted by atomic mass is 10.1. The molecule has 19 heavy (non-hydrogen) atoms. The van der Waals surface area contributed by atoms with Crippen LogP contribution in [0.5, 0.6) is 0 Å². The van der Waals surface area contributed by atoms with Crippen LogP contribution in [0, 0.1) is 5.92 Å². The van der Waals surface area contributed by atoms with Crippen LogP contribution in [0.25, 0.3) is 0 Å². The van der Waals surface area contributed by atoms with Gasteiger partial charge >= 0.3 is 0 Å². The molecule has 0 aromatic carbocycles. The van der Waals surface area contributed by atoms with Crippen LogP contribution in [-0.4, -0.2) is 61.3 Å². The number of ether oxygens (including phenoxy) is 1. The highest BCUT2D eigenvalue weighted by Gasteiger charge is 2.29. The Bertz CT molecular complexity index is 306. The molecule has 1 N–H and O–H groups in total. The molecule has 0 bridgehead atoms. The Balaban J connectivity index is 0.00000180. The van der Waals surface area contributed by atoms with E-state index in [4.69, 9.17) is 4.74 Å². The van der Waals surface area contributed by atoms with Gasteiger partial charge in [-0.15, -0.1) is 24.0 Å². The van der Waals surface area contributed by atoms with E-state index in [9.17, 15) is 0 Å². The molecule has 2 aliphatic heterocycles. The summed E-state index contributed by atoms with van der Waals surface area (Å²) in [4.78, 5) is 6.80. The summed E-state index contributed by atoms with van der Waals surface area (Å²) in [6, 6.07) is 0. The van der Waals surface area contributed by atoms with Gasteiger partial charge in [0.15, 0.2) is 5.96 Å². The molecule has 0 spiro atoms. The number of aliphatic imine (C=N–C) groups is 1. The second-order valence-electron chi connectivity index (χ2n) is 5.69. The Morgan fingerprint density at radius 2 is 2.32 bits per heavy atom. The predicted molar refractivity (Wildman–Crippen MR) is 93.8 cm³/mol. The van der Waals surface area contributed by atoms with Gasteiger partial charge in [-0.05, 0) is 20.3 Å². The fourth-order valence-corrected chi connectivity index (χ4v) is 3.62. The molecule has 2 heterocycles. The van der Waals surface area contributed by atoms with Gasteiger partial charge in [0.2, 0.25) is 0 Å². The first-order valence-electron chi connectivity index (χ1n) is 6.78. The fourth-order valence-electron chi connectivity index (χ4n) is 2.51. The van der Waals surface area contributed by atoms with E-state index in [1.165, 1.54) is 12.2 Å². The number of hydrogen-bond acceptors (Lipinski definition) is 3. The molecule has 0 radical (unpaired) electrons. The van der Waals surface area contributed by atoms with Gasteiger partial charge in [0.1, 0.15) is 0 Å². The van der Waals surface area contributed by atoms with Crippen LogP contribution in [0.1, 0.15) is 20.3 Å². The summed E-state index contributed by atoms with van der Waals surface area (Å²) in [6.07, 6.45) is 1.17. The quantitative estimate of drug-likeness (QED) is 0.438. The molecule has 1 unspecified atom stereocenters. The smallest absolute Gasteiger partial charge is 0.193 e. The van der Waals surface area contributed by atoms with Crippen molar-refractivity contribution in [3.63, 3.8) is 0 Å². The maximum absolute atomic E-state index is 5.40. The molecule has 0 saturated carbocycles. The van der Waals surface area contributed by atoms with Crippen molar-refractivity contribution in [2.24, 2.45) is 10.9 Å². The largest absolute Gasteiger partial charge is 0.381 e. The Morgan fingerprint density at radius 1 is 1.53 bits per heavy atom. The molecule has 2 aliphatic rings. The third-order valence-electron chi connectivity index (χ3n) is 3.51. The van der Waals surface area contributed by atoms with E-state index in [2.05, 4.69) is 40.8 Å². The first-order valence-corrected chi connectivity index (χ1v) is 7.76. The number of thioether (sulfide) groups is 1.